The largest absolute Gasteiger partial charge is 0.456 e. The van der Waals surface area contributed by atoms with E-state index < -0.39 is 0 Å². The van der Waals surface area contributed by atoms with Crippen molar-refractivity contribution in [3.05, 3.63) is 151 Å². The summed E-state index contributed by atoms with van der Waals surface area (Å²) in [6.07, 6.45) is -0.121. The molecule has 196 valence electrons. The van der Waals surface area contributed by atoms with Gasteiger partial charge in [0.05, 0.1) is 17.1 Å². The normalized spacial score (nSPS) is 14.6. The third-order valence-electron chi connectivity index (χ3n) is 8.29. The van der Waals surface area contributed by atoms with Crippen molar-refractivity contribution in [2.75, 3.05) is 16.8 Å². The highest BCUT2D eigenvalue weighted by molar-refractivity contribution is 6.07. The number of hydrogen-bond acceptors (Lipinski definition) is 3. The van der Waals surface area contributed by atoms with E-state index in [1.54, 1.807) is 0 Å². The highest BCUT2D eigenvalue weighted by Gasteiger charge is 2.39. The third-order valence-corrected chi connectivity index (χ3v) is 8.29. The average Bonchev–Trinajstić information content (AvgIpc) is 3.57. The number of anilines is 3. The van der Waals surface area contributed by atoms with Crippen molar-refractivity contribution in [3.8, 4) is 22.3 Å². The first-order valence-electron chi connectivity index (χ1n) is 14.0. The Labute approximate surface area is 239 Å². The first-order valence-corrected chi connectivity index (χ1v) is 14.0. The van der Waals surface area contributed by atoms with Crippen LogP contribution >= 0.6 is 0 Å². The van der Waals surface area contributed by atoms with Gasteiger partial charge in [0, 0.05) is 34.5 Å². The molecular weight excluding hydrogens is 500 g/mol. The van der Waals surface area contributed by atoms with Gasteiger partial charge in [0.15, 0.2) is 0 Å². The van der Waals surface area contributed by atoms with Crippen LogP contribution in [0.1, 0.15) is 11.7 Å². The SMILES string of the molecule is CN1c2ccccc2N(c2c(-c3ccccc3)cccc2-c2ccccc2)C1c1cccc2c1oc1ccccc12. The fourth-order valence-corrected chi connectivity index (χ4v) is 6.47. The summed E-state index contributed by atoms with van der Waals surface area (Å²) in [6, 6.07) is 51.7. The van der Waals surface area contributed by atoms with E-state index in [-0.39, 0.29) is 6.17 Å². The molecule has 0 bridgehead atoms. The molecule has 0 aliphatic carbocycles. The summed E-state index contributed by atoms with van der Waals surface area (Å²) in [5.41, 5.74) is 11.3. The second kappa shape index (κ2) is 9.42. The predicted octanol–water partition coefficient (Wildman–Crippen LogP) is 10.2. The van der Waals surface area contributed by atoms with E-state index in [1.165, 1.54) is 39.3 Å². The summed E-state index contributed by atoms with van der Waals surface area (Å²) < 4.78 is 6.60. The molecule has 7 aromatic rings. The van der Waals surface area contributed by atoms with Crippen LogP contribution in [0.4, 0.5) is 17.1 Å². The van der Waals surface area contributed by atoms with Gasteiger partial charge in [0.25, 0.3) is 0 Å². The van der Waals surface area contributed by atoms with E-state index in [1.807, 2.05) is 6.07 Å². The number of fused-ring (bicyclic) bond motifs is 4. The maximum atomic E-state index is 6.60. The van der Waals surface area contributed by atoms with Crippen LogP contribution in [-0.4, -0.2) is 7.05 Å². The standard InChI is InChI=1S/C38H28N2O/c1-39-33-23-9-10-24-34(33)40(38(39)32-22-13-21-31-30-18-8-11-25-35(30)41-37(31)32)36-28(26-14-4-2-5-15-26)19-12-20-29(36)27-16-6-3-7-17-27/h2-25,38H,1H3. The van der Waals surface area contributed by atoms with Crippen LogP contribution in [0.2, 0.25) is 0 Å². The van der Waals surface area contributed by atoms with Crippen LogP contribution in [0.5, 0.6) is 0 Å². The summed E-state index contributed by atoms with van der Waals surface area (Å²) in [6.45, 7) is 0. The molecule has 1 aliphatic heterocycles. The van der Waals surface area contributed by atoms with Crippen LogP contribution in [0, 0.1) is 0 Å². The van der Waals surface area contributed by atoms with E-state index in [4.69, 9.17) is 4.42 Å². The number of para-hydroxylation sites is 5. The van der Waals surface area contributed by atoms with Gasteiger partial charge in [0.2, 0.25) is 0 Å². The lowest BCUT2D eigenvalue weighted by atomic mass is 9.94. The lowest BCUT2D eigenvalue weighted by Crippen LogP contribution is -2.31. The Kier molecular flexibility index (Phi) is 5.42. The summed E-state index contributed by atoms with van der Waals surface area (Å²) >= 11 is 0. The molecule has 2 heterocycles. The van der Waals surface area contributed by atoms with Crippen molar-refractivity contribution in [2.24, 2.45) is 0 Å². The highest BCUT2D eigenvalue weighted by Crippen LogP contribution is 2.55. The van der Waals surface area contributed by atoms with E-state index in [0.717, 1.165) is 27.5 Å². The zero-order valence-electron chi connectivity index (χ0n) is 22.7. The number of rotatable bonds is 4. The lowest BCUT2D eigenvalue weighted by molar-refractivity contribution is 0.643. The van der Waals surface area contributed by atoms with Crippen molar-refractivity contribution >= 4 is 39.0 Å². The van der Waals surface area contributed by atoms with Crippen molar-refractivity contribution in [1.29, 1.82) is 0 Å². The minimum absolute atomic E-state index is 0.121. The van der Waals surface area contributed by atoms with Crippen molar-refractivity contribution in [2.45, 2.75) is 6.17 Å². The van der Waals surface area contributed by atoms with Gasteiger partial charge >= 0.3 is 0 Å². The van der Waals surface area contributed by atoms with Crippen molar-refractivity contribution < 1.29 is 4.42 Å². The van der Waals surface area contributed by atoms with Crippen LogP contribution < -0.4 is 9.80 Å². The number of benzene rings is 6. The van der Waals surface area contributed by atoms with Crippen molar-refractivity contribution in [3.63, 3.8) is 0 Å². The molecule has 1 atom stereocenters. The quantitative estimate of drug-likeness (QED) is 0.227. The first kappa shape index (κ1) is 23.6. The van der Waals surface area contributed by atoms with Gasteiger partial charge < -0.3 is 14.2 Å². The Morgan fingerprint density at radius 3 is 1.78 bits per heavy atom. The Hall–Kier alpha value is -5.28. The van der Waals surface area contributed by atoms with Crippen LogP contribution in [0.15, 0.2) is 150 Å². The number of nitrogens with zero attached hydrogens (tertiary/aromatic N) is 2. The van der Waals surface area contributed by atoms with Gasteiger partial charge in [-0.1, -0.05) is 127 Å². The zero-order chi connectivity index (χ0) is 27.3. The number of hydrogen-bond donors (Lipinski definition) is 0. The lowest BCUT2D eigenvalue weighted by Gasteiger charge is -2.34. The molecule has 3 heteroatoms. The monoisotopic (exact) mass is 528 g/mol. The van der Waals surface area contributed by atoms with Gasteiger partial charge in [-0.25, -0.2) is 0 Å². The summed E-state index contributed by atoms with van der Waals surface area (Å²) in [5, 5.41) is 2.28. The predicted molar refractivity (Wildman–Crippen MR) is 171 cm³/mol. The maximum Gasteiger partial charge on any atom is 0.142 e. The second-order valence-electron chi connectivity index (χ2n) is 10.6. The molecule has 0 fully saturated rings. The van der Waals surface area contributed by atoms with E-state index in [9.17, 15) is 0 Å². The van der Waals surface area contributed by atoms with E-state index in [2.05, 4.69) is 156 Å². The molecule has 6 aromatic carbocycles. The molecule has 1 unspecified atom stereocenters. The molecule has 41 heavy (non-hydrogen) atoms. The molecule has 0 N–H and O–H groups in total. The summed E-state index contributed by atoms with van der Waals surface area (Å²) in [4.78, 5) is 4.90. The molecular formula is C38H28N2O. The Morgan fingerprint density at radius 2 is 1.07 bits per heavy atom. The maximum absolute atomic E-state index is 6.60. The minimum atomic E-state index is -0.121. The molecule has 0 spiro atoms. The van der Waals surface area contributed by atoms with E-state index >= 15 is 0 Å². The van der Waals surface area contributed by atoms with Crippen LogP contribution in [0.25, 0.3) is 44.2 Å². The Morgan fingerprint density at radius 1 is 0.512 bits per heavy atom. The second-order valence-corrected chi connectivity index (χ2v) is 10.6. The molecule has 8 rings (SSSR count). The molecule has 1 aliphatic rings. The molecule has 1 aromatic heterocycles. The first-order chi connectivity index (χ1) is 20.3. The fourth-order valence-electron chi connectivity index (χ4n) is 6.47. The van der Waals surface area contributed by atoms with Gasteiger partial charge in [0.1, 0.15) is 17.3 Å². The average molecular weight is 529 g/mol. The number of furan rings is 1. The smallest absolute Gasteiger partial charge is 0.142 e. The zero-order valence-corrected chi connectivity index (χ0v) is 22.7. The Balaban J connectivity index is 1.45. The van der Waals surface area contributed by atoms with Gasteiger partial charge in [-0.05, 0) is 29.3 Å². The molecule has 0 radical (unpaired) electrons. The molecule has 0 saturated carbocycles. The van der Waals surface area contributed by atoms with Gasteiger partial charge in [-0.15, -0.1) is 0 Å². The van der Waals surface area contributed by atoms with Gasteiger partial charge in [-0.2, -0.15) is 0 Å². The van der Waals surface area contributed by atoms with E-state index in [0.29, 0.717) is 0 Å². The van der Waals surface area contributed by atoms with Crippen LogP contribution in [-0.2, 0) is 0 Å². The molecule has 3 nitrogen and oxygen atoms in total. The summed E-state index contributed by atoms with van der Waals surface area (Å²) in [7, 11) is 2.19. The third kappa shape index (κ3) is 3.66. The topological polar surface area (TPSA) is 19.6 Å². The molecule has 0 amide bonds. The highest BCUT2D eigenvalue weighted by atomic mass is 16.3. The van der Waals surface area contributed by atoms with Crippen LogP contribution in [0.3, 0.4) is 0 Å². The van der Waals surface area contributed by atoms with Crippen molar-refractivity contribution in [1.82, 2.24) is 0 Å². The molecule has 0 saturated heterocycles. The summed E-state index contributed by atoms with van der Waals surface area (Å²) in [5.74, 6) is 0. The Bertz CT molecular complexity index is 1970. The minimum Gasteiger partial charge on any atom is -0.456 e. The fraction of sp³-hybridized carbons (Fsp3) is 0.0526. The van der Waals surface area contributed by atoms with Gasteiger partial charge in [-0.3, -0.25) is 0 Å².